The Kier molecular flexibility index (Phi) is 2.57. The van der Waals surface area contributed by atoms with Crippen LogP contribution < -0.4 is 11.3 Å². The highest BCUT2D eigenvalue weighted by atomic mass is 16.3. The van der Waals surface area contributed by atoms with Crippen molar-refractivity contribution in [2.75, 3.05) is 0 Å². The van der Waals surface area contributed by atoms with Gasteiger partial charge in [-0.3, -0.25) is 9.78 Å². The number of benzene rings is 1. The molecule has 0 fully saturated rings. The van der Waals surface area contributed by atoms with Gasteiger partial charge >= 0.3 is 6.03 Å². The summed E-state index contributed by atoms with van der Waals surface area (Å²) in [5, 5.41) is 16.9. The van der Waals surface area contributed by atoms with E-state index in [1.165, 1.54) is 0 Å². The number of amides is 2. The van der Waals surface area contributed by atoms with Gasteiger partial charge in [-0.15, -0.1) is 5.11 Å². The van der Waals surface area contributed by atoms with Crippen molar-refractivity contribution in [3.8, 4) is 5.88 Å². The smallest absolute Gasteiger partial charge is 0.356 e. The maximum absolute atomic E-state index is 11.5. The summed E-state index contributed by atoms with van der Waals surface area (Å²) in [4.78, 5) is 24.2. The number of carbonyl (C=O) groups is 1. The molecule has 0 aliphatic heterocycles. The molecule has 4 N–H and O–H groups in total. The van der Waals surface area contributed by atoms with E-state index in [4.69, 9.17) is 5.73 Å². The molecule has 2 amide bonds. The number of aromatic nitrogens is 1. The zero-order valence-corrected chi connectivity index (χ0v) is 8.54. The molecule has 0 aliphatic rings. The first-order valence-corrected chi connectivity index (χ1v) is 4.65. The fraction of sp³-hybridized carbons (Fsp3) is 0. The second-order valence-electron chi connectivity index (χ2n) is 3.24. The van der Waals surface area contributed by atoms with Gasteiger partial charge in [0.2, 0.25) is 0 Å². The Labute approximate surface area is 94.6 Å². The minimum atomic E-state index is -0.999. The van der Waals surface area contributed by atoms with Crippen LogP contribution in [0, 0.1) is 0 Å². The van der Waals surface area contributed by atoms with Crippen molar-refractivity contribution in [1.82, 2.24) is 4.98 Å². The number of rotatable bonds is 1. The van der Waals surface area contributed by atoms with E-state index in [-0.39, 0.29) is 11.6 Å². The molecule has 7 heteroatoms. The Hall–Kier alpha value is -2.70. The van der Waals surface area contributed by atoms with Gasteiger partial charge in [-0.1, -0.05) is 23.3 Å². The summed E-state index contributed by atoms with van der Waals surface area (Å²) in [6.45, 7) is 0. The van der Waals surface area contributed by atoms with E-state index in [1.807, 2.05) is 0 Å². The largest absolute Gasteiger partial charge is 0.494 e. The van der Waals surface area contributed by atoms with Gasteiger partial charge in [0.1, 0.15) is 0 Å². The maximum atomic E-state index is 11.5. The summed E-state index contributed by atoms with van der Waals surface area (Å²) in [6, 6.07) is 5.55. The molecule has 1 aromatic heterocycles. The minimum Gasteiger partial charge on any atom is -0.494 e. The number of nitrogens with zero attached hydrogens (tertiary/aromatic N) is 2. The molecule has 1 aromatic carbocycles. The number of urea groups is 1. The molecular formula is C10H8N4O3. The zero-order valence-electron chi connectivity index (χ0n) is 8.54. The van der Waals surface area contributed by atoms with E-state index in [2.05, 4.69) is 15.2 Å². The molecule has 2 aromatic rings. The van der Waals surface area contributed by atoms with Crippen LogP contribution in [0.15, 0.2) is 39.3 Å². The van der Waals surface area contributed by atoms with Crippen molar-refractivity contribution in [3.63, 3.8) is 0 Å². The molecular weight excluding hydrogens is 224 g/mol. The first-order chi connectivity index (χ1) is 8.09. The number of carbonyl (C=O) groups excluding carboxylic acids is 1. The van der Waals surface area contributed by atoms with Crippen molar-refractivity contribution in [2.45, 2.75) is 0 Å². The lowest BCUT2D eigenvalue weighted by Crippen LogP contribution is -2.06. The number of aromatic amines is 1. The second kappa shape index (κ2) is 4.05. The van der Waals surface area contributed by atoms with Crippen molar-refractivity contribution in [3.05, 3.63) is 34.6 Å². The van der Waals surface area contributed by atoms with Crippen LogP contribution in [0.2, 0.25) is 0 Å². The summed E-state index contributed by atoms with van der Waals surface area (Å²) >= 11 is 0. The predicted octanol–water partition coefficient (Wildman–Crippen LogP) is 1.40. The number of hydrogen-bond acceptors (Lipinski definition) is 4. The van der Waals surface area contributed by atoms with Gasteiger partial charge in [-0.25, -0.2) is 4.79 Å². The number of H-pyrrole nitrogens is 1. The Morgan fingerprint density at radius 3 is 2.59 bits per heavy atom. The van der Waals surface area contributed by atoms with Crippen LogP contribution in [-0.4, -0.2) is 16.1 Å². The van der Waals surface area contributed by atoms with Crippen LogP contribution in [0.1, 0.15) is 0 Å². The van der Waals surface area contributed by atoms with Gasteiger partial charge in [0.25, 0.3) is 5.56 Å². The van der Waals surface area contributed by atoms with Crippen LogP contribution in [0.25, 0.3) is 10.8 Å². The minimum absolute atomic E-state index is 0.0720. The summed E-state index contributed by atoms with van der Waals surface area (Å²) in [6.07, 6.45) is 0. The molecule has 7 nitrogen and oxygen atoms in total. The van der Waals surface area contributed by atoms with E-state index in [0.29, 0.717) is 10.8 Å². The molecule has 0 radical (unpaired) electrons. The van der Waals surface area contributed by atoms with E-state index < -0.39 is 11.6 Å². The van der Waals surface area contributed by atoms with Crippen LogP contribution in [0.3, 0.4) is 0 Å². The fourth-order valence-corrected chi connectivity index (χ4v) is 1.45. The van der Waals surface area contributed by atoms with E-state index in [0.717, 1.165) is 0 Å². The summed E-state index contributed by atoms with van der Waals surface area (Å²) < 4.78 is 0. The highest BCUT2D eigenvalue weighted by Crippen LogP contribution is 2.27. The normalized spacial score (nSPS) is 11.1. The summed E-state index contributed by atoms with van der Waals surface area (Å²) in [7, 11) is 0. The maximum Gasteiger partial charge on any atom is 0.356 e. The van der Waals surface area contributed by atoms with Gasteiger partial charge in [0.05, 0.1) is 0 Å². The third kappa shape index (κ3) is 1.98. The summed E-state index contributed by atoms with van der Waals surface area (Å²) in [5.74, 6) is -0.261. The Bertz CT molecular complexity index is 675. The topological polar surface area (TPSA) is 121 Å². The molecule has 17 heavy (non-hydrogen) atoms. The number of aromatic hydroxyl groups is 1. The molecule has 0 atom stereocenters. The third-order valence-electron chi connectivity index (χ3n) is 2.13. The monoisotopic (exact) mass is 232 g/mol. The predicted molar refractivity (Wildman–Crippen MR) is 60.3 cm³/mol. The Morgan fingerprint density at radius 2 is 1.94 bits per heavy atom. The quantitative estimate of drug-likeness (QED) is 0.644. The molecule has 0 bridgehead atoms. The Balaban J connectivity index is 2.78. The molecule has 0 unspecified atom stereocenters. The van der Waals surface area contributed by atoms with Crippen molar-refractivity contribution < 1.29 is 9.90 Å². The number of primary amides is 1. The van der Waals surface area contributed by atoms with Crippen LogP contribution in [0.4, 0.5) is 10.5 Å². The number of nitrogens with two attached hydrogens (primary N) is 1. The van der Waals surface area contributed by atoms with Crippen LogP contribution in [-0.2, 0) is 0 Å². The lowest BCUT2D eigenvalue weighted by atomic mass is 10.1. The number of fused-ring (bicyclic) bond motifs is 1. The van der Waals surface area contributed by atoms with E-state index >= 15 is 0 Å². The standard InChI is InChI=1S/C10H8N4O3/c11-10(17)14-13-7-5-3-1-2-4-6(5)8(15)12-9(7)16/h1-4H,(H2,11,17)(H2,12,15,16). The molecule has 86 valence electrons. The number of azo groups is 1. The fourth-order valence-electron chi connectivity index (χ4n) is 1.45. The molecule has 0 aliphatic carbocycles. The number of nitrogens with one attached hydrogen (secondary N) is 1. The molecule has 0 spiro atoms. The zero-order chi connectivity index (χ0) is 12.4. The van der Waals surface area contributed by atoms with Crippen molar-refractivity contribution in [1.29, 1.82) is 0 Å². The molecule has 0 saturated carbocycles. The lowest BCUT2D eigenvalue weighted by molar-refractivity contribution is 0.255. The van der Waals surface area contributed by atoms with Gasteiger partial charge in [0.15, 0.2) is 11.6 Å². The highest BCUT2D eigenvalue weighted by Gasteiger charge is 2.09. The average molecular weight is 232 g/mol. The van der Waals surface area contributed by atoms with Crippen molar-refractivity contribution >= 4 is 22.5 Å². The number of pyridine rings is 1. The second-order valence-corrected chi connectivity index (χ2v) is 3.24. The van der Waals surface area contributed by atoms with Crippen LogP contribution >= 0.6 is 0 Å². The molecule has 2 rings (SSSR count). The summed E-state index contributed by atoms with van der Waals surface area (Å²) in [5.41, 5.74) is 4.08. The van der Waals surface area contributed by atoms with Gasteiger partial charge in [0, 0.05) is 10.8 Å². The SMILES string of the molecule is NC(=O)N=Nc1c(=O)[nH]c(O)c2ccccc12. The first kappa shape index (κ1) is 10.8. The highest BCUT2D eigenvalue weighted by molar-refractivity contribution is 5.95. The number of hydrogen-bond donors (Lipinski definition) is 3. The molecule has 0 saturated heterocycles. The third-order valence-corrected chi connectivity index (χ3v) is 2.13. The van der Waals surface area contributed by atoms with Gasteiger partial charge in [-0.05, 0) is 6.07 Å². The van der Waals surface area contributed by atoms with E-state index in [9.17, 15) is 14.7 Å². The molecule has 1 heterocycles. The lowest BCUT2D eigenvalue weighted by Gasteiger charge is -2.01. The first-order valence-electron chi connectivity index (χ1n) is 4.65. The Morgan fingerprint density at radius 1 is 1.29 bits per heavy atom. The van der Waals surface area contributed by atoms with Gasteiger partial charge < -0.3 is 10.8 Å². The van der Waals surface area contributed by atoms with E-state index in [1.54, 1.807) is 24.3 Å². The van der Waals surface area contributed by atoms with Gasteiger partial charge in [-0.2, -0.15) is 0 Å². The average Bonchev–Trinajstić information content (AvgIpc) is 2.28. The van der Waals surface area contributed by atoms with Crippen molar-refractivity contribution in [2.24, 2.45) is 16.0 Å². The van der Waals surface area contributed by atoms with Crippen LogP contribution in [0.5, 0.6) is 5.88 Å².